The number of benzene rings is 1. The highest BCUT2D eigenvalue weighted by Gasteiger charge is 2.32. The topological polar surface area (TPSA) is 78.6 Å². The second kappa shape index (κ2) is 8.34. The number of piperazine rings is 1. The van der Waals surface area contributed by atoms with Gasteiger partial charge in [-0.25, -0.2) is 4.98 Å². The molecule has 2 aromatic heterocycles. The summed E-state index contributed by atoms with van der Waals surface area (Å²) >= 11 is 6.00. The predicted octanol–water partition coefficient (Wildman–Crippen LogP) is 3.14. The molecule has 31 heavy (non-hydrogen) atoms. The molecule has 4 heterocycles. The lowest BCUT2D eigenvalue weighted by Gasteiger charge is -2.40. The van der Waals surface area contributed by atoms with Crippen LogP contribution < -0.4 is 9.80 Å². The molecule has 1 aromatic carbocycles. The Hall–Kier alpha value is -2.87. The highest BCUT2D eigenvalue weighted by molar-refractivity contribution is 6.30. The fraction of sp³-hybridized carbons (Fsp3) is 0.455. The Morgan fingerprint density at radius 2 is 1.84 bits per heavy atom. The summed E-state index contributed by atoms with van der Waals surface area (Å²) in [6, 6.07) is 7.89. The van der Waals surface area contributed by atoms with Gasteiger partial charge < -0.3 is 19.2 Å². The van der Waals surface area contributed by atoms with Gasteiger partial charge in [0.15, 0.2) is 0 Å². The van der Waals surface area contributed by atoms with Crippen molar-refractivity contribution < 1.29 is 9.32 Å². The smallest absolute Gasteiger partial charge is 0.263 e. The van der Waals surface area contributed by atoms with Crippen molar-refractivity contribution in [3.63, 3.8) is 0 Å². The van der Waals surface area contributed by atoms with E-state index >= 15 is 0 Å². The molecule has 0 saturated carbocycles. The Kier molecular flexibility index (Phi) is 5.40. The number of aryl methyl sites for hydroxylation is 1. The monoisotopic (exact) mass is 440 g/mol. The molecule has 0 aliphatic carbocycles. The fourth-order valence-electron chi connectivity index (χ4n) is 4.61. The van der Waals surface area contributed by atoms with Crippen molar-refractivity contribution in [2.45, 2.75) is 19.8 Å². The minimum absolute atomic E-state index is 0.0268. The first-order chi connectivity index (χ1) is 15.1. The number of piperidine rings is 1. The van der Waals surface area contributed by atoms with Gasteiger partial charge in [0.05, 0.1) is 11.6 Å². The van der Waals surface area contributed by atoms with Crippen molar-refractivity contribution in [2.75, 3.05) is 49.1 Å². The molecule has 2 fully saturated rings. The van der Waals surface area contributed by atoms with E-state index in [1.54, 1.807) is 0 Å². The van der Waals surface area contributed by atoms with Crippen molar-refractivity contribution >= 4 is 40.1 Å². The largest absolute Gasteiger partial charge is 0.368 e. The third-order valence-corrected chi connectivity index (χ3v) is 6.53. The van der Waals surface area contributed by atoms with Crippen LogP contribution in [0.25, 0.3) is 11.1 Å². The number of anilines is 2. The first-order valence-corrected chi connectivity index (χ1v) is 11.1. The Balaban J connectivity index is 1.25. The first kappa shape index (κ1) is 20.1. The highest BCUT2D eigenvalue weighted by atomic mass is 35.5. The minimum atomic E-state index is -0.0268. The number of rotatable bonds is 3. The molecule has 0 radical (unpaired) electrons. The summed E-state index contributed by atoms with van der Waals surface area (Å²) in [6.07, 6.45) is 3.37. The molecule has 0 unspecified atom stereocenters. The lowest BCUT2D eigenvalue weighted by molar-refractivity contribution is -0.136. The minimum Gasteiger partial charge on any atom is -0.368 e. The quantitative estimate of drug-likeness (QED) is 0.619. The summed E-state index contributed by atoms with van der Waals surface area (Å²) in [5.74, 6) is 1.03. The summed E-state index contributed by atoms with van der Waals surface area (Å²) in [6.45, 7) is 6.55. The zero-order valence-corrected chi connectivity index (χ0v) is 18.3. The molecular formula is C22H25ClN6O2. The number of hydrogen-bond acceptors (Lipinski definition) is 7. The van der Waals surface area contributed by atoms with E-state index in [0.29, 0.717) is 12.3 Å². The standard InChI is InChI=1S/C22H25ClN6O2/c1-15-19-20(24-14-25-21(19)31-26-15)29-8-2-3-16(13-29)22(30)28-11-9-27(10-12-28)18-6-4-17(23)5-7-18/h4-7,14,16H,2-3,8-13H2,1H3/t16-/m1/s1. The number of carbonyl (C=O) groups is 1. The van der Waals surface area contributed by atoms with Crippen LogP contribution in [0.15, 0.2) is 35.1 Å². The molecule has 9 heteroatoms. The van der Waals surface area contributed by atoms with Crippen LogP contribution in [0.3, 0.4) is 0 Å². The molecule has 2 saturated heterocycles. The van der Waals surface area contributed by atoms with Crippen molar-refractivity contribution in [1.29, 1.82) is 0 Å². The molecule has 5 rings (SSSR count). The van der Waals surface area contributed by atoms with E-state index < -0.39 is 0 Å². The van der Waals surface area contributed by atoms with Gasteiger partial charge in [-0.1, -0.05) is 16.8 Å². The van der Waals surface area contributed by atoms with E-state index in [1.165, 1.54) is 6.33 Å². The van der Waals surface area contributed by atoms with E-state index in [9.17, 15) is 4.79 Å². The van der Waals surface area contributed by atoms with Gasteiger partial charge >= 0.3 is 0 Å². The molecule has 2 aliphatic rings. The van der Waals surface area contributed by atoms with Crippen molar-refractivity contribution in [1.82, 2.24) is 20.0 Å². The Labute approximate surface area is 185 Å². The summed E-state index contributed by atoms with van der Waals surface area (Å²) in [5.41, 5.74) is 2.42. The zero-order chi connectivity index (χ0) is 21.4. The average Bonchev–Trinajstić information content (AvgIpc) is 3.20. The van der Waals surface area contributed by atoms with Crippen LogP contribution in [0.5, 0.6) is 0 Å². The Morgan fingerprint density at radius 1 is 1.06 bits per heavy atom. The third-order valence-electron chi connectivity index (χ3n) is 6.28. The number of carbonyl (C=O) groups excluding carboxylic acids is 1. The molecule has 0 N–H and O–H groups in total. The van der Waals surface area contributed by atoms with Crippen LogP contribution in [0.4, 0.5) is 11.5 Å². The van der Waals surface area contributed by atoms with Crippen LogP contribution >= 0.6 is 11.6 Å². The van der Waals surface area contributed by atoms with Crippen molar-refractivity contribution in [3.05, 3.63) is 41.3 Å². The van der Waals surface area contributed by atoms with E-state index in [0.717, 1.165) is 73.2 Å². The maximum Gasteiger partial charge on any atom is 0.263 e. The zero-order valence-electron chi connectivity index (χ0n) is 17.5. The summed E-state index contributed by atoms with van der Waals surface area (Å²) in [5, 5.41) is 5.60. The molecule has 1 amide bonds. The fourth-order valence-corrected chi connectivity index (χ4v) is 4.74. The second-order valence-electron chi connectivity index (χ2n) is 8.22. The molecule has 162 valence electrons. The van der Waals surface area contributed by atoms with E-state index in [-0.39, 0.29) is 11.8 Å². The van der Waals surface area contributed by atoms with Gasteiger partial charge in [-0.05, 0) is 44.0 Å². The number of aromatic nitrogens is 3. The summed E-state index contributed by atoms with van der Waals surface area (Å²) < 4.78 is 5.29. The third kappa shape index (κ3) is 3.92. The number of nitrogens with zero attached hydrogens (tertiary/aromatic N) is 6. The Bertz CT molecular complexity index is 1080. The van der Waals surface area contributed by atoms with Crippen LogP contribution in [0, 0.1) is 12.8 Å². The first-order valence-electron chi connectivity index (χ1n) is 10.7. The number of amides is 1. The Morgan fingerprint density at radius 3 is 2.61 bits per heavy atom. The molecular weight excluding hydrogens is 416 g/mol. The molecule has 0 spiro atoms. The van der Waals surface area contributed by atoms with Crippen LogP contribution in [-0.2, 0) is 4.79 Å². The van der Waals surface area contributed by atoms with Crippen LogP contribution in [0.1, 0.15) is 18.5 Å². The SMILES string of the molecule is Cc1noc2ncnc(N3CCC[C@@H](C(=O)N4CCN(c5ccc(Cl)cc5)CC4)C3)c12. The maximum absolute atomic E-state index is 13.3. The molecule has 2 aliphatic heterocycles. The van der Waals surface area contributed by atoms with Crippen LogP contribution in [0.2, 0.25) is 5.02 Å². The molecule has 1 atom stereocenters. The van der Waals surface area contributed by atoms with Gasteiger partial charge in [0.2, 0.25) is 5.91 Å². The molecule has 3 aromatic rings. The normalized spacial score (nSPS) is 19.8. The van der Waals surface area contributed by atoms with Gasteiger partial charge in [0.25, 0.3) is 5.71 Å². The van der Waals surface area contributed by atoms with Gasteiger partial charge in [-0.3, -0.25) is 4.79 Å². The van der Waals surface area contributed by atoms with Crippen molar-refractivity contribution in [2.24, 2.45) is 5.92 Å². The second-order valence-corrected chi connectivity index (χ2v) is 8.66. The molecule has 0 bridgehead atoms. The summed E-state index contributed by atoms with van der Waals surface area (Å²) in [4.78, 5) is 28.5. The molecule has 8 nitrogen and oxygen atoms in total. The van der Waals surface area contributed by atoms with Crippen LogP contribution in [-0.4, -0.2) is 65.2 Å². The number of hydrogen-bond donors (Lipinski definition) is 0. The van der Waals surface area contributed by atoms with Gasteiger partial charge in [-0.15, -0.1) is 0 Å². The van der Waals surface area contributed by atoms with Crippen molar-refractivity contribution in [3.8, 4) is 0 Å². The lowest BCUT2D eigenvalue weighted by Crippen LogP contribution is -2.52. The van der Waals surface area contributed by atoms with E-state index in [1.807, 2.05) is 36.1 Å². The van der Waals surface area contributed by atoms with Gasteiger partial charge in [0, 0.05) is 50.0 Å². The van der Waals surface area contributed by atoms with E-state index in [4.69, 9.17) is 16.1 Å². The van der Waals surface area contributed by atoms with Gasteiger partial charge in [0.1, 0.15) is 17.5 Å². The highest BCUT2D eigenvalue weighted by Crippen LogP contribution is 2.30. The predicted molar refractivity (Wildman–Crippen MR) is 120 cm³/mol. The van der Waals surface area contributed by atoms with E-state index in [2.05, 4.69) is 24.9 Å². The number of fused-ring (bicyclic) bond motifs is 1. The van der Waals surface area contributed by atoms with Gasteiger partial charge in [-0.2, -0.15) is 4.98 Å². The maximum atomic E-state index is 13.3. The number of halogens is 1. The summed E-state index contributed by atoms with van der Waals surface area (Å²) in [7, 11) is 0. The lowest BCUT2D eigenvalue weighted by atomic mass is 9.96. The average molecular weight is 441 g/mol.